The molecule has 5 rings (SSSR count). The van der Waals surface area contributed by atoms with Crippen LogP contribution < -0.4 is 0 Å². The first-order valence-electron chi connectivity index (χ1n) is 13.5. The summed E-state index contributed by atoms with van der Waals surface area (Å²) in [5.41, 5.74) is 2.53. The number of likely N-dealkylation sites (tertiary alicyclic amines) is 1. The molecular formula is C31H30BrNO7. The van der Waals surface area contributed by atoms with Gasteiger partial charge in [0.1, 0.15) is 5.75 Å². The minimum atomic E-state index is -0.878. The number of halogens is 1. The summed E-state index contributed by atoms with van der Waals surface area (Å²) in [5, 5.41) is 20.1. The van der Waals surface area contributed by atoms with Crippen molar-refractivity contribution in [2.45, 2.75) is 50.9 Å². The predicted octanol–water partition coefficient (Wildman–Crippen LogP) is 4.53. The van der Waals surface area contributed by atoms with Crippen molar-refractivity contribution in [2.24, 2.45) is 17.8 Å². The summed E-state index contributed by atoms with van der Waals surface area (Å²) in [6, 6.07) is 5.31. The number of phenols is 1. The molecule has 1 heterocycles. The SMILES string of the molecule is C=CCc1cccc(C2C3=CCC4C(=O)N(CCCCCC(=O)O)C(=O)C4C3CC3=C2C(=O)C=C(Br)C3=O)c1O. The van der Waals surface area contributed by atoms with Gasteiger partial charge in [-0.15, -0.1) is 6.58 Å². The molecule has 4 atom stereocenters. The first kappa shape index (κ1) is 28.0. The molecule has 1 aromatic rings. The molecule has 1 saturated heterocycles. The second kappa shape index (κ2) is 11.1. The number of nitrogens with zero attached hydrogens (tertiary/aromatic N) is 1. The van der Waals surface area contributed by atoms with Gasteiger partial charge in [-0.3, -0.25) is 28.9 Å². The number of Topliss-reactive ketones (excluding diaryl/α,β-unsaturated/α-hetero) is 1. The molecule has 1 aromatic carbocycles. The average molecular weight is 608 g/mol. The highest BCUT2D eigenvalue weighted by Gasteiger charge is 2.56. The van der Waals surface area contributed by atoms with E-state index in [-0.39, 0.29) is 53.0 Å². The highest BCUT2D eigenvalue weighted by molar-refractivity contribution is 9.12. The van der Waals surface area contributed by atoms with E-state index in [1.54, 1.807) is 24.3 Å². The lowest BCUT2D eigenvalue weighted by atomic mass is 9.59. The lowest BCUT2D eigenvalue weighted by molar-refractivity contribution is -0.141. The second-order valence-corrected chi connectivity index (χ2v) is 11.6. The number of carboxylic acids is 1. The molecule has 3 aliphatic carbocycles. The van der Waals surface area contributed by atoms with E-state index in [0.29, 0.717) is 54.4 Å². The van der Waals surface area contributed by atoms with Gasteiger partial charge in [-0.1, -0.05) is 42.3 Å². The van der Waals surface area contributed by atoms with E-state index in [4.69, 9.17) is 5.11 Å². The van der Waals surface area contributed by atoms with Crippen molar-refractivity contribution < 1.29 is 34.2 Å². The molecule has 2 amide bonds. The lowest BCUT2D eigenvalue weighted by Crippen LogP contribution is -2.39. The summed E-state index contributed by atoms with van der Waals surface area (Å²) in [7, 11) is 0. The second-order valence-electron chi connectivity index (χ2n) is 10.8. The largest absolute Gasteiger partial charge is 0.507 e. The average Bonchev–Trinajstić information content (AvgIpc) is 3.16. The van der Waals surface area contributed by atoms with E-state index in [0.717, 1.165) is 5.57 Å². The fourth-order valence-corrected chi connectivity index (χ4v) is 7.18. The van der Waals surface area contributed by atoms with Crippen molar-refractivity contribution in [3.8, 4) is 5.75 Å². The minimum absolute atomic E-state index is 0.0219. The summed E-state index contributed by atoms with van der Waals surface area (Å²) in [6.45, 7) is 3.98. The van der Waals surface area contributed by atoms with Crippen LogP contribution in [0.15, 0.2) is 64.2 Å². The third kappa shape index (κ3) is 4.70. The van der Waals surface area contributed by atoms with Crippen molar-refractivity contribution in [1.82, 2.24) is 4.90 Å². The van der Waals surface area contributed by atoms with Gasteiger partial charge in [-0.05, 0) is 59.5 Å². The number of fused-ring (bicyclic) bond motifs is 3. The molecule has 0 saturated carbocycles. The first-order valence-corrected chi connectivity index (χ1v) is 14.3. The maximum atomic E-state index is 13.7. The molecule has 8 nitrogen and oxygen atoms in total. The number of rotatable bonds is 9. The van der Waals surface area contributed by atoms with Crippen molar-refractivity contribution in [1.29, 1.82) is 0 Å². The number of aromatic hydroxyl groups is 1. The lowest BCUT2D eigenvalue weighted by Gasteiger charge is -2.42. The number of carboxylic acid groups (broad SMARTS) is 1. The van der Waals surface area contributed by atoms with Crippen LogP contribution in [0.4, 0.5) is 0 Å². The Morgan fingerprint density at radius 1 is 1.10 bits per heavy atom. The number of hydrogen-bond acceptors (Lipinski definition) is 6. The standard InChI is InChI=1S/C31H30BrNO7/c1-2-7-16-8-6-9-18(28(16)37)25-17-11-12-19-26(20(17)14-21-27(25)23(34)15-22(32)29(21)38)31(40)33(30(19)39)13-5-3-4-10-24(35)36/h2,6,8-9,11,15,19-20,25-26,37H,1,3-5,7,10,12-14H2,(H,35,36). The van der Waals surface area contributed by atoms with E-state index in [9.17, 15) is 29.1 Å². The summed E-state index contributed by atoms with van der Waals surface area (Å²) >= 11 is 3.22. The van der Waals surface area contributed by atoms with Crippen LogP contribution in [0.1, 0.15) is 55.6 Å². The predicted molar refractivity (Wildman–Crippen MR) is 149 cm³/mol. The van der Waals surface area contributed by atoms with Crippen molar-refractivity contribution in [3.63, 3.8) is 0 Å². The van der Waals surface area contributed by atoms with Gasteiger partial charge in [0, 0.05) is 41.7 Å². The highest BCUT2D eigenvalue weighted by atomic mass is 79.9. The third-order valence-electron chi connectivity index (χ3n) is 8.52. The van der Waals surface area contributed by atoms with E-state index in [1.807, 2.05) is 6.08 Å². The molecule has 0 radical (unpaired) electrons. The summed E-state index contributed by atoms with van der Waals surface area (Å²) in [4.78, 5) is 65.9. The van der Waals surface area contributed by atoms with E-state index < -0.39 is 29.6 Å². The zero-order valence-electron chi connectivity index (χ0n) is 21.9. The summed E-state index contributed by atoms with van der Waals surface area (Å²) in [5.74, 6) is -4.47. The number of carbonyl (C=O) groups is 5. The Morgan fingerprint density at radius 2 is 1.88 bits per heavy atom. The molecule has 9 heteroatoms. The van der Waals surface area contributed by atoms with Crippen molar-refractivity contribution in [3.05, 3.63) is 75.3 Å². The van der Waals surface area contributed by atoms with E-state index in [2.05, 4.69) is 22.5 Å². The van der Waals surface area contributed by atoms with Crippen LogP contribution in [0.5, 0.6) is 5.75 Å². The van der Waals surface area contributed by atoms with Crippen LogP contribution in [0.3, 0.4) is 0 Å². The Morgan fingerprint density at radius 3 is 2.60 bits per heavy atom. The molecule has 0 spiro atoms. The first-order chi connectivity index (χ1) is 19.1. The number of unbranched alkanes of at least 4 members (excludes halogenated alkanes) is 2. The molecule has 0 aromatic heterocycles. The fraction of sp³-hybridized carbons (Fsp3) is 0.387. The molecular weight excluding hydrogens is 578 g/mol. The van der Waals surface area contributed by atoms with Gasteiger partial charge in [0.15, 0.2) is 11.6 Å². The molecule has 208 valence electrons. The quantitative estimate of drug-likeness (QED) is 0.183. The molecule has 40 heavy (non-hydrogen) atoms. The number of ketones is 2. The van der Waals surface area contributed by atoms with Crippen LogP contribution in [-0.4, -0.2) is 51.0 Å². The minimum Gasteiger partial charge on any atom is -0.507 e. The number of hydrogen-bond donors (Lipinski definition) is 2. The summed E-state index contributed by atoms with van der Waals surface area (Å²) in [6.07, 6.45) is 7.37. The van der Waals surface area contributed by atoms with Crippen LogP contribution >= 0.6 is 15.9 Å². The molecule has 4 aliphatic rings. The van der Waals surface area contributed by atoms with E-state index >= 15 is 0 Å². The number of aliphatic carboxylic acids is 1. The van der Waals surface area contributed by atoms with Gasteiger partial charge in [0.2, 0.25) is 11.8 Å². The number of carbonyl (C=O) groups excluding carboxylic acids is 4. The van der Waals surface area contributed by atoms with Crippen molar-refractivity contribution in [2.75, 3.05) is 6.54 Å². The Kier molecular flexibility index (Phi) is 7.77. The van der Waals surface area contributed by atoms with Crippen LogP contribution in [0.2, 0.25) is 0 Å². The number of phenolic OH excluding ortho intramolecular Hbond substituents is 1. The van der Waals surface area contributed by atoms with Crippen LogP contribution in [0.25, 0.3) is 0 Å². The molecule has 1 aliphatic heterocycles. The van der Waals surface area contributed by atoms with Gasteiger partial charge in [-0.2, -0.15) is 0 Å². The normalized spacial score (nSPS) is 25.8. The number of allylic oxidation sites excluding steroid dienone is 7. The molecule has 4 unspecified atom stereocenters. The number of para-hydroxylation sites is 1. The highest BCUT2D eigenvalue weighted by Crippen LogP contribution is 2.56. The number of amides is 2. The van der Waals surface area contributed by atoms with Gasteiger partial charge < -0.3 is 10.2 Å². The zero-order valence-corrected chi connectivity index (χ0v) is 23.5. The van der Waals surface area contributed by atoms with Crippen molar-refractivity contribution >= 4 is 45.3 Å². The molecule has 2 N–H and O–H groups in total. The Hall–Kier alpha value is -3.59. The van der Waals surface area contributed by atoms with Gasteiger partial charge in [0.05, 0.1) is 16.3 Å². The Bertz CT molecular complexity index is 1430. The topological polar surface area (TPSA) is 129 Å². The fourth-order valence-electron chi connectivity index (χ4n) is 6.73. The van der Waals surface area contributed by atoms with Crippen LogP contribution in [0, 0.1) is 17.8 Å². The van der Waals surface area contributed by atoms with Gasteiger partial charge >= 0.3 is 5.97 Å². The monoisotopic (exact) mass is 607 g/mol. The van der Waals surface area contributed by atoms with E-state index in [1.165, 1.54) is 11.0 Å². The molecule has 1 fully saturated rings. The Labute approximate surface area is 240 Å². The number of imide groups is 1. The summed E-state index contributed by atoms with van der Waals surface area (Å²) < 4.78 is 0.149. The smallest absolute Gasteiger partial charge is 0.303 e. The zero-order chi connectivity index (χ0) is 28.7. The number of benzene rings is 1. The molecule has 0 bridgehead atoms. The van der Waals surface area contributed by atoms with Gasteiger partial charge in [0.25, 0.3) is 0 Å². The maximum Gasteiger partial charge on any atom is 0.303 e. The third-order valence-corrected chi connectivity index (χ3v) is 9.11. The van der Waals surface area contributed by atoms with Crippen LogP contribution in [-0.2, 0) is 30.4 Å². The van der Waals surface area contributed by atoms with Gasteiger partial charge in [-0.25, -0.2) is 0 Å². The maximum absolute atomic E-state index is 13.7. The Balaban J connectivity index is 1.53.